The average Bonchev–Trinajstić information content (AvgIpc) is 3.26. The van der Waals surface area contributed by atoms with Crippen molar-refractivity contribution >= 4 is 29.5 Å². The number of Topliss-reactive ketones (excluding diaryl/α,β-unsaturated/α-hetero) is 1. The summed E-state index contributed by atoms with van der Waals surface area (Å²) >= 11 is 1.83. The molecule has 6 aliphatic rings. The molecule has 3 unspecified atom stereocenters. The van der Waals surface area contributed by atoms with Crippen LogP contribution in [0.2, 0.25) is 0 Å². The van der Waals surface area contributed by atoms with Gasteiger partial charge in [0.2, 0.25) is 0 Å². The number of ketones is 1. The van der Waals surface area contributed by atoms with Gasteiger partial charge in [-0.05, 0) is 30.9 Å². The molecule has 2 aliphatic heterocycles. The Hall–Kier alpha value is -1.92. The third kappa shape index (κ3) is 3.95. The molecular weight excluding hydrogens is 548 g/mol. The van der Waals surface area contributed by atoms with Crippen LogP contribution in [-0.2, 0) is 14.3 Å². The van der Waals surface area contributed by atoms with E-state index < -0.39 is 63.7 Å². The Bertz CT molecular complexity index is 1230. The highest BCUT2D eigenvalue weighted by molar-refractivity contribution is 8.00. The molecule has 0 radical (unpaired) electrons. The van der Waals surface area contributed by atoms with Crippen molar-refractivity contribution in [3.05, 3.63) is 23.3 Å². The van der Waals surface area contributed by atoms with E-state index in [4.69, 9.17) is 4.74 Å². The summed E-state index contributed by atoms with van der Waals surface area (Å²) in [5, 5.41) is 52.6. The number of carbonyl (C=O) groups is 3. The molecule has 2 heterocycles. The van der Waals surface area contributed by atoms with E-state index in [9.17, 15) is 34.8 Å². The van der Waals surface area contributed by atoms with Crippen molar-refractivity contribution in [2.75, 3.05) is 12.4 Å². The van der Waals surface area contributed by atoms with Gasteiger partial charge in [0.25, 0.3) is 0 Å². The zero-order chi connectivity index (χ0) is 29.7. The van der Waals surface area contributed by atoms with Crippen LogP contribution in [0.25, 0.3) is 0 Å². The summed E-state index contributed by atoms with van der Waals surface area (Å²) < 4.78 is 6.02. The van der Waals surface area contributed by atoms with E-state index in [0.717, 1.165) is 18.6 Å². The van der Waals surface area contributed by atoms with E-state index in [2.05, 4.69) is 10.6 Å². The lowest BCUT2D eigenvalue weighted by molar-refractivity contribution is -0.221. The number of ether oxygens (including phenoxy) is 1. The van der Waals surface area contributed by atoms with Crippen LogP contribution in [-0.4, -0.2) is 90.8 Å². The number of aliphatic hydroxyl groups is 4. The van der Waals surface area contributed by atoms with Gasteiger partial charge in [-0.15, -0.1) is 0 Å². The molecule has 10 nitrogen and oxygen atoms in total. The highest BCUT2D eigenvalue weighted by Crippen LogP contribution is 2.75. The maximum Gasteiger partial charge on any atom is 0.315 e. The molecule has 226 valence electrons. The minimum atomic E-state index is -1.93. The van der Waals surface area contributed by atoms with Crippen LogP contribution in [0.1, 0.15) is 59.8 Å². The predicted molar refractivity (Wildman–Crippen MR) is 151 cm³/mol. The molecule has 0 aromatic carbocycles. The van der Waals surface area contributed by atoms with Crippen molar-refractivity contribution in [3.8, 4) is 0 Å². The Morgan fingerprint density at radius 1 is 1.15 bits per heavy atom. The lowest BCUT2D eigenvalue weighted by Crippen LogP contribution is -2.65. The van der Waals surface area contributed by atoms with Crippen LogP contribution in [0.5, 0.6) is 0 Å². The van der Waals surface area contributed by atoms with Gasteiger partial charge in [-0.3, -0.25) is 9.59 Å². The number of fused-ring (bicyclic) bond motifs is 6. The van der Waals surface area contributed by atoms with Gasteiger partial charge < -0.3 is 35.8 Å². The third-order valence-electron chi connectivity index (χ3n) is 11.3. The Kier molecular flexibility index (Phi) is 6.79. The number of unbranched alkanes of at least 4 members (excludes halogenated alkanes) is 1. The zero-order valence-electron chi connectivity index (χ0n) is 24.1. The molecule has 41 heavy (non-hydrogen) atoms. The molecule has 4 fully saturated rings. The number of aliphatic hydroxyl groups excluding tert-OH is 1. The van der Waals surface area contributed by atoms with Gasteiger partial charge >= 0.3 is 12.0 Å². The number of urea groups is 1. The number of thioether (sulfide) groups is 1. The van der Waals surface area contributed by atoms with Crippen molar-refractivity contribution in [3.63, 3.8) is 0 Å². The van der Waals surface area contributed by atoms with E-state index in [1.54, 1.807) is 26.0 Å². The van der Waals surface area contributed by atoms with Crippen molar-refractivity contribution in [2.24, 2.45) is 29.1 Å². The van der Waals surface area contributed by atoms with E-state index in [1.165, 1.54) is 0 Å². The molecule has 11 atom stereocenters. The number of nitrogens with one attached hydrogen (secondary N) is 2. The van der Waals surface area contributed by atoms with Crippen LogP contribution >= 0.6 is 11.8 Å². The summed E-state index contributed by atoms with van der Waals surface area (Å²) in [6, 6.07) is 0.138. The van der Waals surface area contributed by atoms with Crippen molar-refractivity contribution in [1.82, 2.24) is 10.6 Å². The SMILES string of the molecule is CC1=C[C@H]2[C@@]3(O)[C@H](C)[C@@H](OC(=O)CCCCC4SCC5NC(=O)NC54)[C@]4(O)[C@H]([C@@H]3C=C(CO)C[C@]2(O)C1=O)C4(C)C. The number of rotatable bonds is 7. The zero-order valence-corrected chi connectivity index (χ0v) is 24.9. The molecule has 6 rings (SSSR count). The first-order valence-electron chi connectivity index (χ1n) is 14.8. The van der Waals surface area contributed by atoms with Gasteiger partial charge in [-0.2, -0.15) is 11.8 Å². The van der Waals surface area contributed by atoms with Gasteiger partial charge in [0.15, 0.2) is 5.78 Å². The minimum absolute atomic E-state index is 0.108. The van der Waals surface area contributed by atoms with Gasteiger partial charge in [-0.1, -0.05) is 39.3 Å². The Morgan fingerprint density at radius 3 is 2.59 bits per heavy atom. The summed E-state index contributed by atoms with van der Waals surface area (Å²) in [6.45, 7) is 6.71. The van der Waals surface area contributed by atoms with E-state index in [0.29, 0.717) is 22.8 Å². The quantitative estimate of drug-likeness (QED) is 0.111. The molecule has 0 bridgehead atoms. The first kappa shape index (κ1) is 29.2. The van der Waals surface area contributed by atoms with Gasteiger partial charge in [0, 0.05) is 52.9 Å². The second kappa shape index (κ2) is 9.54. The maximum absolute atomic E-state index is 13.2. The van der Waals surface area contributed by atoms with Crippen molar-refractivity contribution in [1.29, 1.82) is 0 Å². The fourth-order valence-corrected chi connectivity index (χ4v) is 10.6. The Balaban J connectivity index is 1.19. The van der Waals surface area contributed by atoms with Crippen molar-refractivity contribution < 1.29 is 39.5 Å². The van der Waals surface area contributed by atoms with Crippen LogP contribution < -0.4 is 10.6 Å². The molecular formula is C30H42N2O8S. The molecule has 2 saturated heterocycles. The van der Waals surface area contributed by atoms with Crippen molar-refractivity contribution in [2.45, 2.75) is 100 Å². The maximum atomic E-state index is 13.2. The average molecular weight is 591 g/mol. The largest absolute Gasteiger partial charge is 0.459 e. The van der Waals surface area contributed by atoms with Gasteiger partial charge in [0.05, 0.1) is 24.3 Å². The fraction of sp³-hybridized carbons (Fsp3) is 0.767. The molecule has 0 aromatic rings. The summed E-state index contributed by atoms with van der Waals surface area (Å²) in [5.41, 5.74) is -4.97. The summed E-state index contributed by atoms with van der Waals surface area (Å²) in [6.07, 6.45) is 4.60. The van der Waals surface area contributed by atoms with Gasteiger partial charge in [0.1, 0.15) is 17.3 Å². The predicted octanol–water partition coefficient (Wildman–Crippen LogP) is 1.21. The minimum Gasteiger partial charge on any atom is -0.459 e. The first-order valence-corrected chi connectivity index (χ1v) is 15.8. The second-order valence-corrected chi connectivity index (χ2v) is 15.0. The summed E-state index contributed by atoms with van der Waals surface area (Å²) in [4.78, 5) is 38.0. The third-order valence-corrected chi connectivity index (χ3v) is 12.8. The Morgan fingerprint density at radius 2 is 1.88 bits per heavy atom. The molecule has 4 aliphatic carbocycles. The fourth-order valence-electron chi connectivity index (χ4n) is 9.07. The number of esters is 1. The molecule has 11 heteroatoms. The normalized spacial score (nSPS) is 47.1. The highest BCUT2D eigenvalue weighted by atomic mass is 32.2. The molecule has 2 amide bonds. The van der Waals surface area contributed by atoms with Crippen LogP contribution in [0.15, 0.2) is 23.3 Å². The molecule has 2 saturated carbocycles. The van der Waals surface area contributed by atoms with Gasteiger partial charge in [-0.25, -0.2) is 4.79 Å². The lowest BCUT2D eigenvalue weighted by Gasteiger charge is -2.52. The van der Waals surface area contributed by atoms with Crippen LogP contribution in [0.3, 0.4) is 0 Å². The van der Waals surface area contributed by atoms with Crippen LogP contribution in [0.4, 0.5) is 4.79 Å². The number of carbonyl (C=O) groups excluding carboxylic acids is 3. The van der Waals surface area contributed by atoms with Crippen LogP contribution in [0, 0.1) is 29.1 Å². The van der Waals surface area contributed by atoms with E-state index in [1.807, 2.05) is 25.6 Å². The van der Waals surface area contributed by atoms with E-state index >= 15 is 0 Å². The Labute approximate surface area is 244 Å². The number of amides is 2. The lowest BCUT2D eigenvalue weighted by atomic mass is 9.59. The van der Waals surface area contributed by atoms with E-state index in [-0.39, 0.29) is 37.6 Å². The monoisotopic (exact) mass is 590 g/mol. The smallest absolute Gasteiger partial charge is 0.315 e. The highest BCUT2D eigenvalue weighted by Gasteiger charge is 2.85. The molecule has 0 aromatic heterocycles. The topological polar surface area (TPSA) is 165 Å². The standard InChI is InChI=1S/C30H42N2O8S/c1-14-9-20-28(37,24(14)35)11-16(12-33)10-17-23-27(3,4)30(23,39)25(15(2)29(17,20)38)40-21(34)8-6-5-7-19-22-18(13-41-19)31-26(36)32-22/h9-10,15,17-20,22-23,25,33,37-39H,5-8,11-13H2,1-4H3,(H2,31,32,36)/t15-,17+,18?,19?,20-,22?,23-,25-,28-,29-,30-/m1/s1. The molecule has 0 spiro atoms. The number of hydrogen-bond acceptors (Lipinski definition) is 9. The molecule has 6 N–H and O–H groups in total. The summed E-state index contributed by atoms with van der Waals surface area (Å²) in [7, 11) is 0. The number of hydrogen-bond donors (Lipinski definition) is 6. The summed E-state index contributed by atoms with van der Waals surface area (Å²) in [5.74, 6) is -3.04. The second-order valence-electron chi connectivity index (χ2n) is 13.7. The first-order chi connectivity index (χ1) is 19.2.